The van der Waals surface area contributed by atoms with Crippen molar-refractivity contribution in [1.29, 1.82) is 0 Å². The predicted molar refractivity (Wildman–Crippen MR) is 69.4 cm³/mol. The van der Waals surface area contributed by atoms with Gasteiger partial charge < -0.3 is 10.3 Å². The van der Waals surface area contributed by atoms with Crippen LogP contribution in [0.3, 0.4) is 0 Å². The van der Waals surface area contributed by atoms with Crippen molar-refractivity contribution in [3.05, 3.63) is 62.8 Å². The van der Waals surface area contributed by atoms with Gasteiger partial charge in [0.15, 0.2) is 0 Å². The number of benzene rings is 1. The molecule has 1 aliphatic heterocycles. The molecular weight excluding hydrogens is 264 g/mol. The van der Waals surface area contributed by atoms with Gasteiger partial charge in [-0.15, -0.1) is 0 Å². The van der Waals surface area contributed by atoms with E-state index in [0.29, 0.717) is 29.9 Å². The van der Waals surface area contributed by atoms with Gasteiger partial charge in [-0.25, -0.2) is 13.8 Å². The number of hydrogen-bond acceptors (Lipinski definition) is 3. The summed E-state index contributed by atoms with van der Waals surface area (Å²) in [4.78, 5) is 19.0. The van der Waals surface area contributed by atoms with Crippen LogP contribution in [-0.2, 0) is 19.4 Å². The Labute approximate surface area is 113 Å². The van der Waals surface area contributed by atoms with Crippen LogP contribution < -0.4 is 10.9 Å². The van der Waals surface area contributed by atoms with Crippen molar-refractivity contribution in [3.63, 3.8) is 0 Å². The molecule has 0 unspecified atom stereocenters. The highest BCUT2D eigenvalue weighted by Gasteiger charge is 2.15. The summed E-state index contributed by atoms with van der Waals surface area (Å²) in [7, 11) is 0. The second-order valence-corrected chi connectivity index (χ2v) is 4.78. The van der Waals surface area contributed by atoms with E-state index < -0.39 is 11.6 Å². The van der Waals surface area contributed by atoms with Crippen molar-refractivity contribution in [3.8, 4) is 0 Å². The van der Waals surface area contributed by atoms with E-state index in [4.69, 9.17) is 0 Å². The van der Waals surface area contributed by atoms with E-state index in [-0.39, 0.29) is 12.0 Å². The zero-order valence-electron chi connectivity index (χ0n) is 10.7. The molecular formula is C14H13F2N3O. The van der Waals surface area contributed by atoms with Crippen molar-refractivity contribution >= 4 is 0 Å². The lowest BCUT2D eigenvalue weighted by atomic mass is 10.1. The molecule has 0 saturated heterocycles. The number of hydrogen-bond donors (Lipinski definition) is 2. The zero-order chi connectivity index (χ0) is 14.1. The van der Waals surface area contributed by atoms with Gasteiger partial charge in [0.25, 0.3) is 5.56 Å². The number of halogens is 2. The number of nitrogens with zero attached hydrogens (tertiary/aromatic N) is 1. The van der Waals surface area contributed by atoms with Crippen LogP contribution >= 0.6 is 0 Å². The topological polar surface area (TPSA) is 57.8 Å². The van der Waals surface area contributed by atoms with Gasteiger partial charge in [-0.1, -0.05) is 6.07 Å². The predicted octanol–water partition coefficient (Wildman–Crippen LogP) is 1.28. The maximum absolute atomic E-state index is 13.6. The van der Waals surface area contributed by atoms with Gasteiger partial charge in [-0.05, 0) is 11.6 Å². The minimum absolute atomic E-state index is 0.141. The fourth-order valence-corrected chi connectivity index (χ4v) is 2.33. The fraction of sp³-hybridized carbons (Fsp3) is 0.286. The standard InChI is InChI=1S/C14H13F2N3O/c15-9-2-1-8(11(16)6-9)5-13-18-12-3-4-17-7-10(12)14(20)19-13/h1-2,6,17H,3-5,7H2,(H,18,19,20). The summed E-state index contributed by atoms with van der Waals surface area (Å²) < 4.78 is 26.5. The summed E-state index contributed by atoms with van der Waals surface area (Å²) in [6, 6.07) is 3.39. The molecule has 0 amide bonds. The number of aromatic amines is 1. The Kier molecular flexibility index (Phi) is 3.31. The Bertz CT molecular complexity index is 712. The molecule has 2 aromatic rings. The maximum Gasteiger partial charge on any atom is 0.255 e. The molecule has 4 nitrogen and oxygen atoms in total. The van der Waals surface area contributed by atoms with E-state index in [1.165, 1.54) is 12.1 Å². The van der Waals surface area contributed by atoms with E-state index in [1.54, 1.807) is 0 Å². The van der Waals surface area contributed by atoms with Crippen LogP contribution in [0, 0.1) is 11.6 Å². The summed E-state index contributed by atoms with van der Waals surface area (Å²) in [6.07, 6.45) is 0.820. The van der Waals surface area contributed by atoms with E-state index >= 15 is 0 Å². The molecule has 1 aliphatic rings. The molecule has 0 saturated carbocycles. The highest BCUT2D eigenvalue weighted by Crippen LogP contribution is 2.13. The van der Waals surface area contributed by atoms with Gasteiger partial charge in [0.2, 0.25) is 0 Å². The number of nitrogens with one attached hydrogen (secondary N) is 2. The van der Waals surface area contributed by atoms with Crippen LogP contribution in [0.5, 0.6) is 0 Å². The Hall–Kier alpha value is -2.08. The van der Waals surface area contributed by atoms with Gasteiger partial charge in [0.1, 0.15) is 17.5 Å². The number of rotatable bonds is 2. The number of aromatic nitrogens is 2. The Morgan fingerprint density at radius 3 is 2.95 bits per heavy atom. The summed E-state index contributed by atoms with van der Waals surface area (Å²) in [6.45, 7) is 1.27. The first-order valence-corrected chi connectivity index (χ1v) is 6.39. The smallest absolute Gasteiger partial charge is 0.255 e. The average Bonchev–Trinajstić information content (AvgIpc) is 2.42. The minimum Gasteiger partial charge on any atom is -0.312 e. The van der Waals surface area contributed by atoms with Crippen LogP contribution in [0.15, 0.2) is 23.0 Å². The van der Waals surface area contributed by atoms with Crippen LogP contribution in [0.2, 0.25) is 0 Å². The third-order valence-electron chi connectivity index (χ3n) is 3.36. The molecule has 0 fully saturated rings. The number of fused-ring (bicyclic) bond motifs is 1. The van der Waals surface area contributed by atoms with Gasteiger partial charge in [0.05, 0.1) is 11.3 Å². The summed E-state index contributed by atoms with van der Waals surface area (Å²) in [5.74, 6) is -0.850. The molecule has 1 aromatic heterocycles. The van der Waals surface area contributed by atoms with Gasteiger partial charge in [-0.3, -0.25) is 4.79 Å². The first-order chi connectivity index (χ1) is 9.63. The third-order valence-corrected chi connectivity index (χ3v) is 3.36. The zero-order valence-corrected chi connectivity index (χ0v) is 10.7. The van der Waals surface area contributed by atoms with E-state index in [2.05, 4.69) is 15.3 Å². The molecule has 6 heteroatoms. The van der Waals surface area contributed by atoms with Crippen molar-refractivity contribution in [2.24, 2.45) is 0 Å². The Balaban J connectivity index is 1.95. The van der Waals surface area contributed by atoms with Crippen molar-refractivity contribution < 1.29 is 8.78 Å². The molecule has 0 aliphatic carbocycles. The SMILES string of the molecule is O=c1[nH]c(Cc2ccc(F)cc2F)nc2c1CNCC2. The molecule has 0 bridgehead atoms. The van der Waals surface area contributed by atoms with Crippen molar-refractivity contribution in [1.82, 2.24) is 15.3 Å². The summed E-state index contributed by atoms with van der Waals surface area (Å²) in [5.41, 5.74) is 1.51. The summed E-state index contributed by atoms with van der Waals surface area (Å²) >= 11 is 0. The average molecular weight is 277 g/mol. The Morgan fingerprint density at radius 1 is 1.30 bits per heavy atom. The molecule has 3 rings (SSSR count). The molecule has 2 N–H and O–H groups in total. The highest BCUT2D eigenvalue weighted by atomic mass is 19.1. The highest BCUT2D eigenvalue weighted by molar-refractivity contribution is 5.25. The quantitative estimate of drug-likeness (QED) is 0.869. The van der Waals surface area contributed by atoms with E-state index in [0.717, 1.165) is 18.3 Å². The first kappa shape index (κ1) is 12.9. The second-order valence-electron chi connectivity index (χ2n) is 4.78. The molecule has 20 heavy (non-hydrogen) atoms. The molecule has 104 valence electrons. The third kappa shape index (κ3) is 2.46. The summed E-state index contributed by atoms with van der Waals surface area (Å²) in [5, 5.41) is 3.10. The van der Waals surface area contributed by atoms with Crippen LogP contribution in [-0.4, -0.2) is 16.5 Å². The first-order valence-electron chi connectivity index (χ1n) is 6.39. The lowest BCUT2D eigenvalue weighted by molar-refractivity contribution is 0.572. The normalized spacial score (nSPS) is 14.1. The van der Waals surface area contributed by atoms with E-state index in [9.17, 15) is 13.6 Å². The van der Waals surface area contributed by atoms with Crippen LogP contribution in [0.1, 0.15) is 22.6 Å². The fourth-order valence-electron chi connectivity index (χ4n) is 2.33. The molecule has 0 atom stereocenters. The lowest BCUT2D eigenvalue weighted by Gasteiger charge is -2.16. The van der Waals surface area contributed by atoms with Gasteiger partial charge in [-0.2, -0.15) is 0 Å². The maximum atomic E-state index is 13.6. The molecule has 0 spiro atoms. The molecule has 1 aromatic carbocycles. The Morgan fingerprint density at radius 2 is 2.15 bits per heavy atom. The number of H-pyrrole nitrogens is 1. The van der Waals surface area contributed by atoms with Crippen LogP contribution in [0.25, 0.3) is 0 Å². The monoisotopic (exact) mass is 277 g/mol. The van der Waals surface area contributed by atoms with Gasteiger partial charge in [0, 0.05) is 32.0 Å². The second kappa shape index (κ2) is 5.13. The van der Waals surface area contributed by atoms with Crippen molar-refractivity contribution in [2.75, 3.05) is 6.54 Å². The van der Waals surface area contributed by atoms with Gasteiger partial charge >= 0.3 is 0 Å². The van der Waals surface area contributed by atoms with Crippen molar-refractivity contribution in [2.45, 2.75) is 19.4 Å². The lowest BCUT2D eigenvalue weighted by Crippen LogP contribution is -2.32. The minimum atomic E-state index is -0.632. The van der Waals surface area contributed by atoms with E-state index in [1.807, 2.05) is 0 Å². The molecule has 0 radical (unpaired) electrons. The molecule has 2 heterocycles. The largest absolute Gasteiger partial charge is 0.312 e. The van der Waals surface area contributed by atoms with Crippen LogP contribution in [0.4, 0.5) is 8.78 Å².